The van der Waals surface area contributed by atoms with Crippen molar-refractivity contribution in [3.8, 4) is 0 Å². The zero-order valence-electron chi connectivity index (χ0n) is 9.71. The summed E-state index contributed by atoms with van der Waals surface area (Å²) in [6, 6.07) is 18.7. The molecule has 0 saturated heterocycles. The Labute approximate surface area is 105 Å². The summed E-state index contributed by atoms with van der Waals surface area (Å²) in [5.74, 6) is -0.273. The Kier molecular flexibility index (Phi) is 4.08. The number of hydrazone groups is 1. The summed E-state index contributed by atoms with van der Waals surface area (Å²) in [5.41, 5.74) is 4.35. The molecule has 18 heavy (non-hydrogen) atoms. The van der Waals surface area contributed by atoms with Crippen molar-refractivity contribution < 1.29 is 4.79 Å². The molecular formula is C14H13N3O. The smallest absolute Gasteiger partial charge is 0.268 e. The van der Waals surface area contributed by atoms with E-state index < -0.39 is 0 Å². The van der Waals surface area contributed by atoms with E-state index in [0.717, 1.165) is 11.4 Å². The third kappa shape index (κ3) is 3.75. The summed E-state index contributed by atoms with van der Waals surface area (Å²) in [7, 11) is 0. The number of para-hydroxylation sites is 2. The number of hydrogen-bond acceptors (Lipinski definition) is 3. The van der Waals surface area contributed by atoms with Gasteiger partial charge in [0.15, 0.2) is 0 Å². The van der Waals surface area contributed by atoms with Crippen LogP contribution in [0.1, 0.15) is 0 Å². The number of rotatable bonds is 4. The van der Waals surface area contributed by atoms with Gasteiger partial charge in [0.05, 0.1) is 5.69 Å². The number of nitrogens with zero attached hydrogens (tertiary/aromatic N) is 1. The van der Waals surface area contributed by atoms with E-state index in [2.05, 4.69) is 15.8 Å². The van der Waals surface area contributed by atoms with Gasteiger partial charge >= 0.3 is 0 Å². The summed E-state index contributed by atoms with van der Waals surface area (Å²) in [5, 5.41) is 6.55. The molecule has 0 bridgehead atoms. The van der Waals surface area contributed by atoms with Crippen LogP contribution in [0.5, 0.6) is 0 Å². The quantitative estimate of drug-likeness (QED) is 0.636. The molecule has 0 atom stereocenters. The van der Waals surface area contributed by atoms with Gasteiger partial charge in [-0.3, -0.25) is 10.2 Å². The number of carbonyl (C=O) groups is 1. The molecule has 2 aromatic carbocycles. The first-order valence-electron chi connectivity index (χ1n) is 5.55. The lowest BCUT2D eigenvalue weighted by atomic mass is 10.3. The maximum atomic E-state index is 11.5. The van der Waals surface area contributed by atoms with Crippen LogP contribution in [0.2, 0.25) is 0 Å². The van der Waals surface area contributed by atoms with Crippen LogP contribution in [0.3, 0.4) is 0 Å². The van der Waals surface area contributed by atoms with Crippen molar-refractivity contribution in [3.63, 3.8) is 0 Å². The Morgan fingerprint density at radius 3 is 2.06 bits per heavy atom. The van der Waals surface area contributed by atoms with E-state index in [1.807, 2.05) is 60.7 Å². The Morgan fingerprint density at radius 2 is 1.44 bits per heavy atom. The first-order chi connectivity index (χ1) is 8.84. The van der Waals surface area contributed by atoms with Crippen molar-refractivity contribution in [3.05, 3.63) is 60.7 Å². The lowest BCUT2D eigenvalue weighted by Gasteiger charge is -2.01. The number of carbonyl (C=O) groups excluding carboxylic acids is 1. The van der Waals surface area contributed by atoms with E-state index in [1.54, 1.807) is 0 Å². The minimum atomic E-state index is -0.273. The fraction of sp³-hybridized carbons (Fsp3) is 0. The van der Waals surface area contributed by atoms with Gasteiger partial charge in [-0.1, -0.05) is 36.4 Å². The van der Waals surface area contributed by atoms with Gasteiger partial charge in [0.1, 0.15) is 6.21 Å². The third-order valence-corrected chi connectivity index (χ3v) is 2.19. The van der Waals surface area contributed by atoms with Crippen LogP contribution in [0.4, 0.5) is 11.4 Å². The van der Waals surface area contributed by atoms with Gasteiger partial charge < -0.3 is 5.32 Å². The molecule has 4 heteroatoms. The first kappa shape index (κ1) is 11.9. The monoisotopic (exact) mass is 239 g/mol. The molecule has 90 valence electrons. The van der Waals surface area contributed by atoms with Crippen LogP contribution in [-0.4, -0.2) is 12.1 Å². The molecule has 0 heterocycles. The topological polar surface area (TPSA) is 53.5 Å². The lowest BCUT2D eigenvalue weighted by Crippen LogP contribution is -2.13. The van der Waals surface area contributed by atoms with E-state index in [9.17, 15) is 4.79 Å². The fourth-order valence-corrected chi connectivity index (χ4v) is 1.37. The van der Waals surface area contributed by atoms with Crippen LogP contribution in [-0.2, 0) is 4.79 Å². The summed E-state index contributed by atoms with van der Waals surface area (Å²) in [4.78, 5) is 11.5. The molecule has 2 aromatic rings. The van der Waals surface area contributed by atoms with Gasteiger partial charge in [-0.2, -0.15) is 5.10 Å². The maximum Gasteiger partial charge on any atom is 0.268 e. The summed E-state index contributed by atoms with van der Waals surface area (Å²) >= 11 is 0. The molecule has 0 aliphatic carbocycles. The van der Waals surface area contributed by atoms with E-state index >= 15 is 0 Å². The van der Waals surface area contributed by atoms with Gasteiger partial charge in [-0.25, -0.2) is 0 Å². The molecule has 4 nitrogen and oxygen atoms in total. The Hall–Kier alpha value is -2.62. The largest absolute Gasteiger partial charge is 0.321 e. The van der Waals surface area contributed by atoms with Crippen molar-refractivity contribution in [2.75, 3.05) is 10.7 Å². The molecule has 0 unspecified atom stereocenters. The first-order valence-corrected chi connectivity index (χ1v) is 5.55. The second-order valence-corrected chi connectivity index (χ2v) is 3.59. The summed E-state index contributed by atoms with van der Waals surface area (Å²) in [6.45, 7) is 0. The molecule has 2 N–H and O–H groups in total. The molecule has 0 aliphatic heterocycles. The number of amides is 1. The summed E-state index contributed by atoms with van der Waals surface area (Å²) < 4.78 is 0. The molecule has 0 aliphatic rings. The van der Waals surface area contributed by atoms with E-state index in [0.29, 0.717) is 0 Å². The van der Waals surface area contributed by atoms with Crippen LogP contribution < -0.4 is 10.7 Å². The molecule has 0 aromatic heterocycles. The summed E-state index contributed by atoms with van der Waals surface area (Å²) in [6.07, 6.45) is 1.21. The molecule has 0 fully saturated rings. The Morgan fingerprint density at radius 1 is 0.889 bits per heavy atom. The highest BCUT2D eigenvalue weighted by Crippen LogP contribution is 2.05. The van der Waals surface area contributed by atoms with Crippen molar-refractivity contribution in [1.82, 2.24) is 0 Å². The minimum absolute atomic E-state index is 0.273. The molecule has 2 rings (SSSR count). The van der Waals surface area contributed by atoms with E-state index in [4.69, 9.17) is 0 Å². The van der Waals surface area contributed by atoms with Crippen LogP contribution in [0, 0.1) is 0 Å². The number of nitrogens with one attached hydrogen (secondary N) is 2. The SMILES string of the molecule is O=C(C=NNc1ccccc1)Nc1ccccc1. The molecule has 1 amide bonds. The normalized spacial score (nSPS) is 10.2. The minimum Gasteiger partial charge on any atom is -0.321 e. The van der Waals surface area contributed by atoms with Gasteiger partial charge in [-0.05, 0) is 24.3 Å². The van der Waals surface area contributed by atoms with Gasteiger partial charge in [0.25, 0.3) is 5.91 Å². The second-order valence-electron chi connectivity index (χ2n) is 3.59. The molecule has 0 saturated carbocycles. The standard InChI is InChI=1S/C14H13N3O/c18-14(16-12-7-3-1-4-8-12)11-15-17-13-9-5-2-6-10-13/h1-11,17H,(H,16,18). The number of hydrogen-bond donors (Lipinski definition) is 2. The maximum absolute atomic E-state index is 11.5. The lowest BCUT2D eigenvalue weighted by molar-refractivity contribution is -0.109. The molecule has 0 spiro atoms. The van der Waals surface area contributed by atoms with Gasteiger partial charge in [0, 0.05) is 5.69 Å². The van der Waals surface area contributed by atoms with E-state index in [-0.39, 0.29) is 5.91 Å². The number of benzene rings is 2. The predicted molar refractivity (Wildman–Crippen MR) is 73.6 cm³/mol. The zero-order valence-corrected chi connectivity index (χ0v) is 9.71. The highest BCUT2D eigenvalue weighted by atomic mass is 16.1. The van der Waals surface area contributed by atoms with Crippen molar-refractivity contribution >= 4 is 23.5 Å². The van der Waals surface area contributed by atoms with E-state index in [1.165, 1.54) is 6.21 Å². The Balaban J connectivity index is 1.85. The van der Waals surface area contributed by atoms with Crippen molar-refractivity contribution in [2.24, 2.45) is 5.10 Å². The average molecular weight is 239 g/mol. The fourth-order valence-electron chi connectivity index (χ4n) is 1.37. The van der Waals surface area contributed by atoms with Crippen molar-refractivity contribution in [2.45, 2.75) is 0 Å². The number of anilines is 2. The molecule has 0 radical (unpaired) electrons. The Bertz CT molecular complexity index is 523. The zero-order chi connectivity index (χ0) is 12.6. The van der Waals surface area contributed by atoms with Crippen LogP contribution >= 0.6 is 0 Å². The average Bonchev–Trinajstić information content (AvgIpc) is 2.41. The predicted octanol–water partition coefficient (Wildman–Crippen LogP) is 2.72. The van der Waals surface area contributed by atoms with Crippen molar-refractivity contribution in [1.29, 1.82) is 0 Å². The second kappa shape index (κ2) is 6.20. The highest BCUT2D eigenvalue weighted by Gasteiger charge is 1.96. The van der Waals surface area contributed by atoms with Crippen LogP contribution in [0.15, 0.2) is 65.8 Å². The third-order valence-electron chi connectivity index (χ3n) is 2.19. The van der Waals surface area contributed by atoms with Crippen LogP contribution in [0.25, 0.3) is 0 Å². The highest BCUT2D eigenvalue weighted by molar-refractivity contribution is 6.31. The van der Waals surface area contributed by atoms with Gasteiger partial charge in [-0.15, -0.1) is 0 Å². The molecular weight excluding hydrogens is 226 g/mol. The van der Waals surface area contributed by atoms with Gasteiger partial charge in [0.2, 0.25) is 0 Å².